The first kappa shape index (κ1) is 19.1. The SMILES string of the molecule is COc1ccc2c(c1)CCC(NC=CC1CCCCC1)C2Cc1ccccc1. The van der Waals surface area contributed by atoms with Crippen LogP contribution in [0.1, 0.15) is 61.1 Å². The molecule has 0 bridgehead atoms. The molecule has 2 aromatic rings. The maximum atomic E-state index is 5.47. The molecule has 0 heterocycles. The van der Waals surface area contributed by atoms with E-state index in [-0.39, 0.29) is 0 Å². The zero-order chi connectivity index (χ0) is 19.2. The summed E-state index contributed by atoms with van der Waals surface area (Å²) in [6.07, 6.45) is 15.0. The molecule has 1 saturated carbocycles. The molecule has 0 spiro atoms. The van der Waals surface area contributed by atoms with Crippen LogP contribution in [0.4, 0.5) is 0 Å². The number of nitrogens with one attached hydrogen (secondary N) is 1. The Morgan fingerprint density at radius 1 is 1.00 bits per heavy atom. The van der Waals surface area contributed by atoms with Crippen LogP contribution in [0.15, 0.2) is 60.8 Å². The van der Waals surface area contributed by atoms with Crippen LogP contribution in [0.25, 0.3) is 0 Å². The maximum Gasteiger partial charge on any atom is 0.119 e. The Morgan fingerprint density at radius 3 is 2.61 bits per heavy atom. The first-order valence-corrected chi connectivity index (χ1v) is 11.0. The molecule has 0 saturated heterocycles. The number of ether oxygens (including phenoxy) is 1. The number of hydrogen-bond acceptors (Lipinski definition) is 2. The largest absolute Gasteiger partial charge is 0.497 e. The van der Waals surface area contributed by atoms with Crippen molar-refractivity contribution in [1.82, 2.24) is 5.32 Å². The molecule has 0 amide bonds. The van der Waals surface area contributed by atoms with E-state index in [1.54, 1.807) is 7.11 Å². The summed E-state index contributed by atoms with van der Waals surface area (Å²) in [7, 11) is 1.76. The zero-order valence-electron chi connectivity index (χ0n) is 17.1. The number of fused-ring (bicyclic) bond motifs is 1. The van der Waals surface area contributed by atoms with E-state index in [2.05, 4.69) is 66.1 Å². The number of methoxy groups -OCH3 is 1. The Morgan fingerprint density at radius 2 is 1.82 bits per heavy atom. The topological polar surface area (TPSA) is 21.3 Å². The standard InChI is InChI=1S/C26H33NO/c1-28-23-13-14-24-22(19-23)12-15-26(25(24)18-21-10-6-3-7-11-21)27-17-16-20-8-4-2-5-9-20/h3,6-7,10-11,13-14,16-17,19-20,25-27H,2,4-5,8-9,12,15,18H2,1H3. The van der Waals surface area contributed by atoms with Crippen LogP contribution >= 0.6 is 0 Å². The summed E-state index contributed by atoms with van der Waals surface area (Å²) in [5.41, 5.74) is 4.35. The van der Waals surface area contributed by atoms with Crippen molar-refractivity contribution in [3.63, 3.8) is 0 Å². The van der Waals surface area contributed by atoms with Crippen LogP contribution in [-0.2, 0) is 12.8 Å². The van der Waals surface area contributed by atoms with Crippen LogP contribution in [0.2, 0.25) is 0 Å². The maximum absolute atomic E-state index is 5.47. The van der Waals surface area contributed by atoms with E-state index in [0.29, 0.717) is 12.0 Å². The second kappa shape index (κ2) is 9.32. The summed E-state index contributed by atoms with van der Waals surface area (Å²) < 4.78 is 5.47. The Bertz CT molecular complexity index is 776. The van der Waals surface area contributed by atoms with E-state index in [4.69, 9.17) is 4.74 Å². The lowest BCUT2D eigenvalue weighted by Crippen LogP contribution is -2.36. The minimum absolute atomic E-state index is 0.487. The molecule has 4 rings (SSSR count). The number of benzene rings is 2. The summed E-state index contributed by atoms with van der Waals surface area (Å²) in [4.78, 5) is 0. The smallest absolute Gasteiger partial charge is 0.119 e. The average Bonchev–Trinajstić information content (AvgIpc) is 2.76. The summed E-state index contributed by atoms with van der Waals surface area (Å²) in [5.74, 6) is 2.24. The van der Waals surface area contributed by atoms with Crippen LogP contribution < -0.4 is 10.1 Å². The van der Waals surface area contributed by atoms with Gasteiger partial charge in [-0.15, -0.1) is 0 Å². The minimum Gasteiger partial charge on any atom is -0.497 e. The van der Waals surface area contributed by atoms with E-state index in [0.717, 1.165) is 24.5 Å². The van der Waals surface area contributed by atoms with E-state index < -0.39 is 0 Å². The molecule has 0 aliphatic heterocycles. The number of allylic oxidation sites excluding steroid dienone is 1. The highest BCUT2D eigenvalue weighted by Gasteiger charge is 2.29. The monoisotopic (exact) mass is 375 g/mol. The quantitative estimate of drug-likeness (QED) is 0.666. The third kappa shape index (κ3) is 4.60. The van der Waals surface area contributed by atoms with Gasteiger partial charge in [-0.2, -0.15) is 0 Å². The molecule has 2 nitrogen and oxygen atoms in total. The molecule has 148 valence electrons. The highest BCUT2D eigenvalue weighted by molar-refractivity contribution is 5.41. The lowest BCUT2D eigenvalue weighted by molar-refractivity contribution is 0.399. The number of rotatable bonds is 6. The van der Waals surface area contributed by atoms with Gasteiger partial charge in [0.1, 0.15) is 5.75 Å². The van der Waals surface area contributed by atoms with E-state index in [9.17, 15) is 0 Å². The van der Waals surface area contributed by atoms with Crippen LogP contribution in [0.3, 0.4) is 0 Å². The average molecular weight is 376 g/mol. The predicted octanol–water partition coefficient (Wildman–Crippen LogP) is 6.02. The molecule has 2 aromatic carbocycles. The summed E-state index contributed by atoms with van der Waals surface area (Å²) in [6.45, 7) is 0. The Hall–Kier alpha value is -2.22. The van der Waals surface area contributed by atoms with Crippen LogP contribution in [0.5, 0.6) is 5.75 Å². The molecule has 2 aliphatic carbocycles. The predicted molar refractivity (Wildman–Crippen MR) is 117 cm³/mol. The lowest BCUT2D eigenvalue weighted by atomic mass is 9.76. The summed E-state index contributed by atoms with van der Waals surface area (Å²) >= 11 is 0. The van der Waals surface area contributed by atoms with Crippen molar-refractivity contribution in [1.29, 1.82) is 0 Å². The van der Waals surface area contributed by atoms with Gasteiger partial charge in [0.05, 0.1) is 7.11 Å². The molecule has 2 unspecified atom stereocenters. The van der Waals surface area contributed by atoms with Crippen molar-refractivity contribution in [3.05, 3.63) is 77.5 Å². The van der Waals surface area contributed by atoms with Gasteiger partial charge in [-0.1, -0.05) is 61.7 Å². The molecular formula is C26H33NO. The molecule has 2 heteroatoms. The number of aryl methyl sites for hydroxylation is 1. The molecular weight excluding hydrogens is 342 g/mol. The second-order valence-corrected chi connectivity index (χ2v) is 8.43. The molecule has 1 fully saturated rings. The Balaban J connectivity index is 1.52. The normalized spacial score (nSPS) is 22.8. The van der Waals surface area contributed by atoms with Gasteiger partial charge in [-0.25, -0.2) is 0 Å². The highest BCUT2D eigenvalue weighted by Crippen LogP contribution is 2.36. The van der Waals surface area contributed by atoms with Gasteiger partial charge in [-0.05, 0) is 73.0 Å². The van der Waals surface area contributed by atoms with Gasteiger partial charge >= 0.3 is 0 Å². The van der Waals surface area contributed by atoms with E-state index in [1.165, 1.54) is 55.2 Å². The van der Waals surface area contributed by atoms with Gasteiger partial charge in [0.25, 0.3) is 0 Å². The van der Waals surface area contributed by atoms with Gasteiger partial charge in [-0.3, -0.25) is 0 Å². The van der Waals surface area contributed by atoms with E-state index >= 15 is 0 Å². The molecule has 2 atom stereocenters. The molecule has 0 radical (unpaired) electrons. The highest BCUT2D eigenvalue weighted by atomic mass is 16.5. The van der Waals surface area contributed by atoms with Gasteiger partial charge in [0, 0.05) is 12.0 Å². The van der Waals surface area contributed by atoms with Crippen LogP contribution in [0, 0.1) is 5.92 Å². The van der Waals surface area contributed by atoms with E-state index in [1.807, 2.05) is 0 Å². The molecule has 28 heavy (non-hydrogen) atoms. The van der Waals surface area contributed by atoms with Gasteiger partial charge in [0.15, 0.2) is 0 Å². The third-order valence-corrected chi connectivity index (χ3v) is 6.59. The van der Waals surface area contributed by atoms with Crippen LogP contribution in [-0.4, -0.2) is 13.2 Å². The molecule has 0 aromatic heterocycles. The minimum atomic E-state index is 0.487. The Kier molecular flexibility index (Phi) is 6.36. The van der Waals surface area contributed by atoms with Crippen molar-refractivity contribution in [2.24, 2.45) is 5.92 Å². The third-order valence-electron chi connectivity index (χ3n) is 6.59. The fourth-order valence-electron chi connectivity index (χ4n) is 4.98. The zero-order valence-corrected chi connectivity index (χ0v) is 17.1. The molecule has 1 N–H and O–H groups in total. The van der Waals surface area contributed by atoms with Crippen molar-refractivity contribution in [3.8, 4) is 5.75 Å². The van der Waals surface area contributed by atoms with Crippen molar-refractivity contribution in [2.75, 3.05) is 7.11 Å². The first-order valence-electron chi connectivity index (χ1n) is 11.0. The lowest BCUT2D eigenvalue weighted by Gasteiger charge is -2.34. The van der Waals surface area contributed by atoms with Crippen molar-refractivity contribution >= 4 is 0 Å². The fourth-order valence-corrected chi connectivity index (χ4v) is 4.98. The summed E-state index contributed by atoms with van der Waals surface area (Å²) in [6, 6.07) is 18.1. The Labute approximate surface area is 170 Å². The molecule has 2 aliphatic rings. The van der Waals surface area contributed by atoms with Crippen molar-refractivity contribution < 1.29 is 4.74 Å². The second-order valence-electron chi connectivity index (χ2n) is 8.43. The van der Waals surface area contributed by atoms with Gasteiger partial charge in [0.2, 0.25) is 0 Å². The van der Waals surface area contributed by atoms with Crippen molar-refractivity contribution in [2.45, 2.75) is 63.3 Å². The number of hydrogen-bond donors (Lipinski definition) is 1. The summed E-state index contributed by atoms with van der Waals surface area (Å²) in [5, 5.41) is 3.80. The first-order chi connectivity index (χ1) is 13.8. The van der Waals surface area contributed by atoms with Gasteiger partial charge < -0.3 is 10.1 Å². The fraction of sp³-hybridized carbons (Fsp3) is 0.462.